The maximum Gasteiger partial charge on any atom is 0.124 e. The van der Waals surface area contributed by atoms with E-state index in [1.54, 1.807) is 0 Å². The van der Waals surface area contributed by atoms with Crippen LogP contribution in [0.2, 0.25) is 0 Å². The van der Waals surface area contributed by atoms with Gasteiger partial charge in [0, 0.05) is 12.2 Å². The third kappa shape index (κ3) is 2.32. The van der Waals surface area contributed by atoms with E-state index in [4.69, 9.17) is 5.73 Å². The standard InChI is InChI=1S/C15H22N4/c1-10(2)19-7-5-11(6-8-19)12-9-17-13-3-4-14(16)18-15(12)13/h3-4,9-11,17H,5-8H2,1-2H3,(H2,16,18). The molecular formula is C15H22N4. The van der Waals surface area contributed by atoms with Gasteiger partial charge in [0.25, 0.3) is 0 Å². The number of nitrogens with two attached hydrogens (primary N) is 1. The molecule has 1 saturated heterocycles. The molecule has 0 unspecified atom stereocenters. The van der Waals surface area contributed by atoms with Gasteiger partial charge in [0.15, 0.2) is 0 Å². The Morgan fingerprint density at radius 1 is 1.32 bits per heavy atom. The summed E-state index contributed by atoms with van der Waals surface area (Å²) in [4.78, 5) is 10.4. The molecule has 3 heterocycles. The predicted octanol–water partition coefficient (Wildman–Crippen LogP) is 2.73. The maximum atomic E-state index is 5.81. The van der Waals surface area contributed by atoms with Gasteiger partial charge in [0.2, 0.25) is 0 Å². The summed E-state index contributed by atoms with van der Waals surface area (Å²) in [6, 6.07) is 4.52. The van der Waals surface area contributed by atoms with Crippen LogP contribution in [-0.2, 0) is 0 Å². The van der Waals surface area contributed by atoms with Gasteiger partial charge in [-0.3, -0.25) is 0 Å². The molecule has 2 aromatic heterocycles. The topological polar surface area (TPSA) is 57.9 Å². The quantitative estimate of drug-likeness (QED) is 0.870. The van der Waals surface area contributed by atoms with Crippen molar-refractivity contribution in [2.45, 2.75) is 38.6 Å². The summed E-state index contributed by atoms with van der Waals surface area (Å²) in [6.07, 6.45) is 4.54. The van der Waals surface area contributed by atoms with Crippen LogP contribution in [0.3, 0.4) is 0 Å². The zero-order valence-electron chi connectivity index (χ0n) is 11.7. The van der Waals surface area contributed by atoms with E-state index in [-0.39, 0.29) is 0 Å². The van der Waals surface area contributed by atoms with Crippen molar-refractivity contribution in [2.75, 3.05) is 18.8 Å². The first-order valence-corrected chi connectivity index (χ1v) is 7.12. The molecule has 0 aromatic carbocycles. The number of rotatable bonds is 2. The highest BCUT2D eigenvalue weighted by molar-refractivity contribution is 5.81. The summed E-state index contributed by atoms with van der Waals surface area (Å²) in [5.41, 5.74) is 9.30. The number of nitrogens with one attached hydrogen (secondary N) is 1. The van der Waals surface area contributed by atoms with Gasteiger partial charge in [-0.05, 0) is 63.4 Å². The third-order valence-electron chi connectivity index (χ3n) is 4.27. The van der Waals surface area contributed by atoms with Crippen LogP contribution in [0.15, 0.2) is 18.3 Å². The molecule has 4 heteroatoms. The molecule has 1 aliphatic rings. The second-order valence-corrected chi connectivity index (χ2v) is 5.78. The molecule has 0 radical (unpaired) electrons. The number of piperidine rings is 1. The Labute approximate surface area is 114 Å². The van der Waals surface area contributed by atoms with E-state index < -0.39 is 0 Å². The Bertz CT molecular complexity index is 565. The Balaban J connectivity index is 1.84. The lowest BCUT2D eigenvalue weighted by molar-refractivity contribution is 0.172. The molecule has 3 rings (SSSR count). The summed E-state index contributed by atoms with van der Waals surface area (Å²) < 4.78 is 0. The molecule has 2 aromatic rings. The van der Waals surface area contributed by atoms with Crippen molar-refractivity contribution in [3.05, 3.63) is 23.9 Å². The average Bonchev–Trinajstić information content (AvgIpc) is 2.81. The molecule has 0 aliphatic carbocycles. The molecule has 19 heavy (non-hydrogen) atoms. The lowest BCUT2D eigenvalue weighted by Gasteiger charge is -2.34. The molecule has 102 valence electrons. The van der Waals surface area contributed by atoms with Crippen molar-refractivity contribution in [3.8, 4) is 0 Å². The van der Waals surface area contributed by atoms with Crippen LogP contribution in [0, 0.1) is 0 Å². The van der Waals surface area contributed by atoms with E-state index in [9.17, 15) is 0 Å². The summed E-state index contributed by atoms with van der Waals surface area (Å²) in [7, 11) is 0. The number of fused-ring (bicyclic) bond motifs is 1. The Kier molecular flexibility index (Phi) is 3.19. The van der Waals surface area contributed by atoms with E-state index in [1.165, 1.54) is 31.5 Å². The molecule has 3 N–H and O–H groups in total. The normalized spacial score (nSPS) is 18.5. The monoisotopic (exact) mass is 258 g/mol. The van der Waals surface area contributed by atoms with Crippen LogP contribution in [0.5, 0.6) is 0 Å². The van der Waals surface area contributed by atoms with Crippen LogP contribution in [-0.4, -0.2) is 34.0 Å². The minimum Gasteiger partial charge on any atom is -0.384 e. The first kappa shape index (κ1) is 12.5. The van der Waals surface area contributed by atoms with Crippen molar-refractivity contribution in [1.82, 2.24) is 14.9 Å². The second kappa shape index (κ2) is 4.85. The molecule has 4 nitrogen and oxygen atoms in total. The highest BCUT2D eigenvalue weighted by Crippen LogP contribution is 2.33. The molecule has 0 amide bonds. The molecule has 0 saturated carbocycles. The minimum atomic E-state index is 0.605. The summed E-state index contributed by atoms with van der Waals surface area (Å²) in [5, 5.41) is 0. The van der Waals surface area contributed by atoms with E-state index in [1.807, 2.05) is 12.1 Å². The number of pyridine rings is 1. The second-order valence-electron chi connectivity index (χ2n) is 5.78. The largest absolute Gasteiger partial charge is 0.384 e. The smallest absolute Gasteiger partial charge is 0.124 e. The van der Waals surface area contributed by atoms with E-state index in [2.05, 4.69) is 34.9 Å². The number of aromatic nitrogens is 2. The van der Waals surface area contributed by atoms with Gasteiger partial charge in [-0.15, -0.1) is 0 Å². The first-order chi connectivity index (χ1) is 9.15. The Morgan fingerprint density at radius 2 is 2.05 bits per heavy atom. The lowest BCUT2D eigenvalue weighted by atomic mass is 9.90. The van der Waals surface area contributed by atoms with Crippen molar-refractivity contribution >= 4 is 16.9 Å². The number of hydrogen-bond donors (Lipinski definition) is 2. The fraction of sp³-hybridized carbons (Fsp3) is 0.533. The highest BCUT2D eigenvalue weighted by atomic mass is 15.1. The zero-order valence-corrected chi connectivity index (χ0v) is 11.7. The van der Waals surface area contributed by atoms with Crippen LogP contribution < -0.4 is 5.73 Å². The Hall–Kier alpha value is -1.55. The number of aromatic amines is 1. The van der Waals surface area contributed by atoms with Crippen LogP contribution >= 0.6 is 0 Å². The predicted molar refractivity (Wildman–Crippen MR) is 79.2 cm³/mol. The van der Waals surface area contributed by atoms with E-state index in [0.29, 0.717) is 17.8 Å². The molecule has 1 aliphatic heterocycles. The fourth-order valence-corrected chi connectivity index (χ4v) is 3.07. The number of nitrogens with zero attached hydrogens (tertiary/aromatic N) is 2. The molecule has 0 bridgehead atoms. The number of hydrogen-bond acceptors (Lipinski definition) is 3. The molecule has 1 fully saturated rings. The van der Waals surface area contributed by atoms with Gasteiger partial charge in [0.05, 0.1) is 11.0 Å². The molecule has 0 atom stereocenters. The minimum absolute atomic E-state index is 0.605. The van der Waals surface area contributed by atoms with E-state index in [0.717, 1.165) is 11.0 Å². The summed E-state index contributed by atoms with van der Waals surface area (Å²) in [6.45, 7) is 6.90. The van der Waals surface area contributed by atoms with Crippen LogP contribution in [0.25, 0.3) is 11.0 Å². The van der Waals surface area contributed by atoms with Gasteiger partial charge >= 0.3 is 0 Å². The van der Waals surface area contributed by atoms with Crippen molar-refractivity contribution in [1.29, 1.82) is 0 Å². The average molecular weight is 258 g/mol. The maximum absolute atomic E-state index is 5.81. The van der Waals surface area contributed by atoms with Crippen molar-refractivity contribution < 1.29 is 0 Å². The summed E-state index contributed by atoms with van der Waals surface area (Å²) in [5.74, 6) is 1.21. The fourth-order valence-electron chi connectivity index (χ4n) is 3.07. The van der Waals surface area contributed by atoms with Gasteiger partial charge in [0.1, 0.15) is 5.82 Å². The van der Waals surface area contributed by atoms with Crippen molar-refractivity contribution in [2.24, 2.45) is 0 Å². The SMILES string of the molecule is CC(C)N1CCC(c2c[nH]c3ccc(N)nc23)CC1. The van der Waals surface area contributed by atoms with E-state index >= 15 is 0 Å². The van der Waals surface area contributed by atoms with Crippen LogP contribution in [0.1, 0.15) is 38.2 Å². The number of nitrogen functional groups attached to an aromatic ring is 1. The highest BCUT2D eigenvalue weighted by Gasteiger charge is 2.24. The molecule has 0 spiro atoms. The number of H-pyrrole nitrogens is 1. The van der Waals surface area contributed by atoms with Gasteiger partial charge in [-0.1, -0.05) is 0 Å². The number of likely N-dealkylation sites (tertiary alicyclic amines) is 1. The number of anilines is 1. The third-order valence-corrected chi connectivity index (χ3v) is 4.27. The lowest BCUT2D eigenvalue weighted by Crippen LogP contribution is -2.37. The Morgan fingerprint density at radius 3 is 2.74 bits per heavy atom. The molecular weight excluding hydrogens is 236 g/mol. The van der Waals surface area contributed by atoms with Crippen molar-refractivity contribution in [3.63, 3.8) is 0 Å². The summed E-state index contributed by atoms with van der Waals surface area (Å²) >= 11 is 0. The first-order valence-electron chi connectivity index (χ1n) is 7.12. The van der Waals surface area contributed by atoms with Gasteiger partial charge < -0.3 is 15.6 Å². The van der Waals surface area contributed by atoms with Gasteiger partial charge in [-0.25, -0.2) is 4.98 Å². The van der Waals surface area contributed by atoms with Gasteiger partial charge in [-0.2, -0.15) is 0 Å². The van der Waals surface area contributed by atoms with Crippen LogP contribution in [0.4, 0.5) is 5.82 Å². The zero-order chi connectivity index (χ0) is 13.4.